The summed E-state index contributed by atoms with van der Waals surface area (Å²) in [4.78, 5) is 18.3. The molecule has 0 atom stereocenters. The summed E-state index contributed by atoms with van der Waals surface area (Å²) in [5.41, 5.74) is 8.17. The van der Waals surface area contributed by atoms with Crippen LogP contribution >= 0.6 is 34.3 Å². The van der Waals surface area contributed by atoms with Gasteiger partial charge in [0, 0.05) is 11.8 Å². The van der Waals surface area contributed by atoms with Gasteiger partial charge in [-0.2, -0.15) is 18.2 Å². The van der Waals surface area contributed by atoms with E-state index in [1.807, 2.05) is 17.5 Å². The molecule has 0 aliphatic heterocycles. The molecule has 146 valence electrons. The number of alkyl halides is 3. The van der Waals surface area contributed by atoms with Crippen molar-refractivity contribution in [1.29, 1.82) is 0 Å². The zero-order chi connectivity index (χ0) is 20.5. The second kappa shape index (κ2) is 7.73. The van der Waals surface area contributed by atoms with Gasteiger partial charge < -0.3 is 15.4 Å². The van der Waals surface area contributed by atoms with Gasteiger partial charge in [0.05, 0.1) is 20.2 Å². The topological polar surface area (TPSA) is 115 Å². The molecule has 28 heavy (non-hydrogen) atoms. The summed E-state index contributed by atoms with van der Waals surface area (Å²) in [5.74, 6) is -1.91. The van der Waals surface area contributed by atoms with Gasteiger partial charge in [0.2, 0.25) is 5.82 Å². The highest BCUT2D eigenvalue weighted by Gasteiger charge is 2.38. The molecule has 0 spiro atoms. The maximum absolute atomic E-state index is 10.6. The van der Waals surface area contributed by atoms with E-state index in [9.17, 15) is 13.2 Å². The SMILES string of the molecule is Nc1cc(Cl)sc1-c1nc(-c2cnc3ccsc3c2)no1.O=C(O)C(F)(F)F. The summed E-state index contributed by atoms with van der Waals surface area (Å²) < 4.78 is 38.7. The Labute approximate surface area is 167 Å². The fourth-order valence-corrected chi connectivity index (χ4v) is 3.80. The predicted molar refractivity (Wildman–Crippen MR) is 99.3 cm³/mol. The Kier molecular flexibility index (Phi) is 5.54. The van der Waals surface area contributed by atoms with Gasteiger partial charge in [0.1, 0.15) is 4.88 Å². The highest BCUT2D eigenvalue weighted by molar-refractivity contribution is 7.20. The number of hydrogen-bond acceptors (Lipinski definition) is 8. The Balaban J connectivity index is 0.000000279. The third-order valence-electron chi connectivity index (χ3n) is 3.15. The second-order valence-electron chi connectivity index (χ2n) is 5.09. The van der Waals surface area contributed by atoms with Crippen LogP contribution in [0.2, 0.25) is 4.34 Å². The van der Waals surface area contributed by atoms with E-state index in [0.717, 1.165) is 15.8 Å². The van der Waals surface area contributed by atoms with Crippen molar-refractivity contribution < 1.29 is 27.6 Å². The van der Waals surface area contributed by atoms with Gasteiger partial charge in [-0.25, -0.2) is 4.79 Å². The number of hydrogen-bond donors (Lipinski definition) is 2. The van der Waals surface area contributed by atoms with E-state index in [4.69, 9.17) is 31.8 Å². The summed E-state index contributed by atoms with van der Waals surface area (Å²) in [5, 5.41) is 13.1. The van der Waals surface area contributed by atoms with Gasteiger partial charge in [-0.05, 0) is 23.6 Å². The minimum Gasteiger partial charge on any atom is -0.475 e. The molecule has 0 aliphatic rings. The van der Waals surface area contributed by atoms with Gasteiger partial charge in [-0.1, -0.05) is 16.8 Å². The molecule has 3 N–H and O–H groups in total. The molecule has 0 bridgehead atoms. The number of aromatic nitrogens is 3. The molecular formula is C15H8ClF3N4O3S2. The molecule has 0 aromatic carbocycles. The van der Waals surface area contributed by atoms with Crippen molar-refractivity contribution in [2.45, 2.75) is 6.18 Å². The van der Waals surface area contributed by atoms with Crippen molar-refractivity contribution in [3.8, 4) is 22.2 Å². The van der Waals surface area contributed by atoms with E-state index < -0.39 is 12.1 Å². The van der Waals surface area contributed by atoms with Crippen LogP contribution in [0.1, 0.15) is 0 Å². The number of nitrogens with two attached hydrogens (primary N) is 1. The molecule has 13 heteroatoms. The van der Waals surface area contributed by atoms with Crippen molar-refractivity contribution in [3.05, 3.63) is 34.1 Å². The largest absolute Gasteiger partial charge is 0.490 e. The van der Waals surface area contributed by atoms with Crippen molar-refractivity contribution >= 4 is 56.1 Å². The average Bonchev–Trinajstić information content (AvgIpc) is 3.33. The molecule has 7 nitrogen and oxygen atoms in total. The van der Waals surface area contributed by atoms with Crippen molar-refractivity contribution in [2.24, 2.45) is 0 Å². The maximum atomic E-state index is 10.6. The Bertz CT molecular complexity index is 1140. The fraction of sp³-hybridized carbons (Fsp3) is 0.0667. The quantitative estimate of drug-likeness (QED) is 0.446. The molecule has 0 radical (unpaired) electrons. The van der Waals surface area contributed by atoms with Crippen LogP contribution < -0.4 is 5.73 Å². The number of nitrogens with zero attached hydrogens (tertiary/aromatic N) is 3. The highest BCUT2D eigenvalue weighted by Crippen LogP contribution is 2.37. The predicted octanol–water partition coefficient (Wildman–Crippen LogP) is 4.94. The standard InChI is InChI=1S/C13H7ClN4OS2.C2HF3O2/c14-10-4-7(15)11(21-10)13-17-12(18-19-13)6-3-9-8(16-5-6)1-2-20-9;3-2(4,5)1(6)7/h1-5H,15H2;(H,6,7). The van der Waals surface area contributed by atoms with E-state index in [1.165, 1.54) is 11.3 Å². The summed E-state index contributed by atoms with van der Waals surface area (Å²) >= 11 is 8.86. The summed E-state index contributed by atoms with van der Waals surface area (Å²) in [7, 11) is 0. The number of halogens is 4. The van der Waals surface area contributed by atoms with Gasteiger partial charge >= 0.3 is 12.1 Å². The first-order chi connectivity index (χ1) is 13.1. The van der Waals surface area contributed by atoms with Gasteiger partial charge in [0.25, 0.3) is 5.89 Å². The maximum Gasteiger partial charge on any atom is 0.490 e. The lowest BCUT2D eigenvalue weighted by Gasteiger charge is -1.93. The molecule has 0 fully saturated rings. The zero-order valence-corrected chi connectivity index (χ0v) is 15.8. The molecule has 4 aromatic heterocycles. The van der Waals surface area contributed by atoms with Gasteiger partial charge in [-0.15, -0.1) is 22.7 Å². The molecule has 0 amide bonds. The minimum atomic E-state index is -5.08. The van der Waals surface area contributed by atoms with Crippen LogP contribution in [0, 0.1) is 0 Å². The van der Waals surface area contributed by atoms with Gasteiger partial charge in [0.15, 0.2) is 0 Å². The van der Waals surface area contributed by atoms with Crippen LogP contribution in [-0.2, 0) is 4.79 Å². The molecule has 4 heterocycles. The van der Waals surface area contributed by atoms with Crippen LogP contribution in [0.5, 0.6) is 0 Å². The average molecular weight is 449 g/mol. The minimum absolute atomic E-state index is 0.366. The number of thiophene rings is 2. The third kappa shape index (κ3) is 4.40. The van der Waals surface area contributed by atoms with E-state index >= 15 is 0 Å². The molecule has 0 aliphatic carbocycles. The molecular weight excluding hydrogens is 441 g/mol. The van der Waals surface area contributed by atoms with Crippen molar-refractivity contribution in [2.75, 3.05) is 5.73 Å². The Morgan fingerprint density at radius 2 is 2.04 bits per heavy atom. The third-order valence-corrected chi connectivity index (χ3v) is 5.28. The summed E-state index contributed by atoms with van der Waals surface area (Å²) in [6, 6.07) is 5.64. The summed E-state index contributed by atoms with van der Waals surface area (Å²) in [6.45, 7) is 0. The second-order valence-corrected chi connectivity index (χ2v) is 7.72. The van der Waals surface area contributed by atoms with Crippen LogP contribution in [0.4, 0.5) is 18.9 Å². The molecule has 4 aromatic rings. The first-order valence-corrected chi connectivity index (χ1v) is 9.25. The Morgan fingerprint density at radius 3 is 2.64 bits per heavy atom. The number of carboxylic acids is 1. The Hall–Kier alpha value is -2.70. The van der Waals surface area contributed by atoms with E-state index in [2.05, 4.69) is 15.1 Å². The van der Waals surface area contributed by atoms with E-state index in [1.54, 1.807) is 23.6 Å². The lowest BCUT2D eigenvalue weighted by molar-refractivity contribution is -0.192. The number of fused-ring (bicyclic) bond motifs is 1. The first kappa shape index (κ1) is 20.0. The van der Waals surface area contributed by atoms with Crippen molar-refractivity contribution in [1.82, 2.24) is 15.1 Å². The summed E-state index contributed by atoms with van der Waals surface area (Å²) in [6.07, 6.45) is -3.35. The molecule has 0 unspecified atom stereocenters. The molecule has 0 saturated heterocycles. The van der Waals surface area contributed by atoms with Crippen LogP contribution in [0.3, 0.4) is 0 Å². The van der Waals surface area contributed by atoms with Crippen LogP contribution in [0.15, 0.2) is 34.3 Å². The fourth-order valence-electron chi connectivity index (χ4n) is 1.94. The Morgan fingerprint density at radius 1 is 1.32 bits per heavy atom. The normalized spacial score (nSPS) is 11.3. The van der Waals surface area contributed by atoms with Crippen molar-refractivity contribution in [3.63, 3.8) is 0 Å². The smallest absolute Gasteiger partial charge is 0.475 e. The van der Waals surface area contributed by atoms with Crippen LogP contribution in [0.25, 0.3) is 32.4 Å². The van der Waals surface area contributed by atoms with E-state index in [0.29, 0.717) is 26.6 Å². The number of anilines is 1. The molecule has 4 rings (SSSR count). The number of pyridine rings is 1. The lowest BCUT2D eigenvalue weighted by atomic mass is 10.2. The monoisotopic (exact) mass is 448 g/mol. The van der Waals surface area contributed by atoms with E-state index in [-0.39, 0.29) is 0 Å². The van der Waals surface area contributed by atoms with Crippen LogP contribution in [-0.4, -0.2) is 32.4 Å². The van der Waals surface area contributed by atoms with Gasteiger partial charge in [-0.3, -0.25) is 4.98 Å². The number of aliphatic carboxylic acids is 1. The number of nitrogen functional groups attached to an aromatic ring is 1. The lowest BCUT2D eigenvalue weighted by Crippen LogP contribution is -2.21. The number of carboxylic acid groups (broad SMARTS) is 1. The zero-order valence-electron chi connectivity index (χ0n) is 13.4. The number of carbonyl (C=O) groups is 1. The molecule has 0 saturated carbocycles. The highest BCUT2D eigenvalue weighted by atomic mass is 35.5. The first-order valence-electron chi connectivity index (χ1n) is 7.18. The number of rotatable bonds is 2.